The summed E-state index contributed by atoms with van der Waals surface area (Å²) in [5.74, 6) is -0.162. The molecule has 6 nitrogen and oxygen atoms in total. The minimum Gasteiger partial charge on any atom is -0.374 e. The van der Waals surface area contributed by atoms with Crippen molar-refractivity contribution in [3.63, 3.8) is 0 Å². The van der Waals surface area contributed by atoms with E-state index in [1.165, 1.54) is 11.3 Å². The van der Waals surface area contributed by atoms with Crippen LogP contribution in [0.25, 0.3) is 0 Å². The van der Waals surface area contributed by atoms with Gasteiger partial charge in [-0.05, 0) is 13.3 Å². The molecule has 7 heteroatoms. The van der Waals surface area contributed by atoms with Crippen molar-refractivity contribution < 1.29 is 14.3 Å². The quantitative estimate of drug-likeness (QED) is 0.825. The molecule has 0 aromatic carbocycles. The Labute approximate surface area is 114 Å². The van der Waals surface area contributed by atoms with Crippen LogP contribution >= 0.6 is 11.3 Å². The number of rotatable bonds is 5. The number of amides is 1. The Morgan fingerprint density at radius 3 is 3.16 bits per heavy atom. The number of fused-ring (bicyclic) bond motifs is 2. The van der Waals surface area contributed by atoms with Crippen molar-refractivity contribution in [2.45, 2.75) is 32.2 Å². The van der Waals surface area contributed by atoms with Gasteiger partial charge in [0.2, 0.25) is 11.0 Å². The van der Waals surface area contributed by atoms with Gasteiger partial charge in [-0.25, -0.2) is 0 Å². The highest BCUT2D eigenvalue weighted by molar-refractivity contribution is 7.15. The van der Waals surface area contributed by atoms with E-state index in [0.717, 1.165) is 11.4 Å². The second-order valence-corrected chi connectivity index (χ2v) is 5.56. The number of aromatic nitrogens is 2. The predicted octanol–water partition coefficient (Wildman–Crippen LogP) is 1.36. The fourth-order valence-corrected chi connectivity index (χ4v) is 2.96. The molecule has 3 rings (SSSR count). The van der Waals surface area contributed by atoms with Crippen LogP contribution in [-0.2, 0) is 20.9 Å². The van der Waals surface area contributed by atoms with Crippen LogP contribution in [0.4, 0.5) is 5.13 Å². The molecule has 2 bridgehead atoms. The second-order valence-electron chi connectivity index (χ2n) is 4.49. The van der Waals surface area contributed by atoms with Crippen LogP contribution in [0, 0.1) is 5.92 Å². The second kappa shape index (κ2) is 5.36. The van der Waals surface area contributed by atoms with Crippen molar-refractivity contribution in [1.82, 2.24) is 10.2 Å². The Hall–Kier alpha value is -1.31. The molecule has 102 valence electrons. The summed E-state index contributed by atoms with van der Waals surface area (Å²) in [6.07, 6.45) is 4.74. The van der Waals surface area contributed by atoms with Crippen molar-refractivity contribution in [2.75, 3.05) is 11.9 Å². The summed E-state index contributed by atoms with van der Waals surface area (Å²) in [6, 6.07) is 0. The van der Waals surface area contributed by atoms with Crippen LogP contribution in [0.2, 0.25) is 0 Å². The molecule has 3 atom stereocenters. The summed E-state index contributed by atoms with van der Waals surface area (Å²) >= 11 is 1.34. The average Bonchev–Trinajstić information content (AvgIpc) is 3.12. The first-order valence-corrected chi connectivity index (χ1v) is 7.12. The molecule has 0 spiro atoms. The minimum atomic E-state index is -0.116. The number of carbonyl (C=O) groups excluding carboxylic acids is 1. The lowest BCUT2D eigenvalue weighted by molar-refractivity contribution is -0.120. The summed E-state index contributed by atoms with van der Waals surface area (Å²) in [5.41, 5.74) is 0. The van der Waals surface area contributed by atoms with Crippen molar-refractivity contribution >= 4 is 22.4 Å². The molecule has 1 fully saturated rings. The molecule has 1 aromatic heterocycles. The predicted molar refractivity (Wildman–Crippen MR) is 69.8 cm³/mol. The maximum Gasteiger partial charge on any atom is 0.232 e. The minimum absolute atomic E-state index is 0.0454. The molecule has 0 saturated carbocycles. The lowest BCUT2D eigenvalue weighted by atomic mass is 9.94. The summed E-state index contributed by atoms with van der Waals surface area (Å²) in [7, 11) is 0. The van der Waals surface area contributed by atoms with Crippen molar-refractivity contribution in [2.24, 2.45) is 5.92 Å². The van der Waals surface area contributed by atoms with Crippen LogP contribution in [0.1, 0.15) is 18.4 Å². The highest BCUT2D eigenvalue weighted by Crippen LogP contribution is 2.34. The van der Waals surface area contributed by atoms with Gasteiger partial charge in [-0.2, -0.15) is 0 Å². The van der Waals surface area contributed by atoms with E-state index < -0.39 is 0 Å². The summed E-state index contributed by atoms with van der Waals surface area (Å²) < 4.78 is 10.8. The van der Waals surface area contributed by atoms with Crippen LogP contribution < -0.4 is 5.32 Å². The zero-order valence-electron chi connectivity index (χ0n) is 10.5. The molecular formula is C12H15N3O3S. The van der Waals surface area contributed by atoms with Gasteiger partial charge < -0.3 is 14.8 Å². The van der Waals surface area contributed by atoms with Gasteiger partial charge in [0.1, 0.15) is 11.6 Å². The number of nitrogens with one attached hydrogen (secondary N) is 1. The standard InChI is InChI=1S/C12H15N3O3S/c1-2-17-6-10-14-15-12(19-10)13-11(16)8-5-7-3-4-9(8)18-7/h3-4,7-9H,2,5-6H2,1H3,(H,13,15,16)/t7-,8-,9-/m1/s1. The molecule has 1 amide bonds. The van der Waals surface area contributed by atoms with Gasteiger partial charge in [0.25, 0.3) is 0 Å². The van der Waals surface area contributed by atoms with Gasteiger partial charge in [-0.15, -0.1) is 10.2 Å². The number of hydrogen-bond donors (Lipinski definition) is 1. The van der Waals surface area contributed by atoms with E-state index in [4.69, 9.17) is 9.47 Å². The maximum atomic E-state index is 12.1. The third-order valence-corrected chi connectivity index (χ3v) is 4.01. The third-order valence-electron chi connectivity index (χ3n) is 3.19. The van der Waals surface area contributed by atoms with E-state index in [9.17, 15) is 4.79 Å². The van der Waals surface area contributed by atoms with Crippen LogP contribution in [0.5, 0.6) is 0 Å². The van der Waals surface area contributed by atoms with Gasteiger partial charge in [0.15, 0.2) is 0 Å². The number of ether oxygens (including phenoxy) is 2. The Balaban J connectivity index is 1.57. The number of nitrogens with zero attached hydrogens (tertiary/aromatic N) is 2. The van der Waals surface area contributed by atoms with Crippen LogP contribution in [0.15, 0.2) is 12.2 Å². The third kappa shape index (κ3) is 2.68. The molecule has 0 unspecified atom stereocenters. The van der Waals surface area contributed by atoms with Crippen molar-refractivity contribution in [1.29, 1.82) is 0 Å². The molecule has 0 aliphatic carbocycles. The highest BCUT2D eigenvalue weighted by Gasteiger charge is 2.41. The first kappa shape index (κ1) is 12.7. The summed E-state index contributed by atoms with van der Waals surface area (Å²) in [5, 5.41) is 12.0. The first-order valence-electron chi connectivity index (χ1n) is 6.31. The van der Waals surface area contributed by atoms with Gasteiger partial charge in [0.05, 0.1) is 18.1 Å². The van der Waals surface area contributed by atoms with Crippen LogP contribution in [0.3, 0.4) is 0 Å². The van der Waals surface area contributed by atoms with Gasteiger partial charge in [-0.1, -0.05) is 23.5 Å². The van der Waals surface area contributed by atoms with Gasteiger partial charge in [-0.3, -0.25) is 4.79 Å². The Morgan fingerprint density at radius 2 is 2.47 bits per heavy atom. The molecule has 0 radical (unpaired) electrons. The Bertz CT molecular complexity index is 502. The van der Waals surface area contributed by atoms with Gasteiger partial charge >= 0.3 is 0 Å². The Morgan fingerprint density at radius 1 is 1.58 bits per heavy atom. The largest absolute Gasteiger partial charge is 0.374 e. The molecule has 1 aromatic rings. The van der Waals surface area contributed by atoms with E-state index in [-0.39, 0.29) is 24.0 Å². The van der Waals surface area contributed by atoms with E-state index in [2.05, 4.69) is 15.5 Å². The Kier molecular flexibility index (Phi) is 3.58. The lowest BCUT2D eigenvalue weighted by Crippen LogP contribution is -2.28. The first-order chi connectivity index (χ1) is 9.26. The maximum absolute atomic E-state index is 12.1. The topological polar surface area (TPSA) is 73.3 Å². The fraction of sp³-hybridized carbons (Fsp3) is 0.583. The van der Waals surface area contributed by atoms with Gasteiger partial charge in [0, 0.05) is 6.61 Å². The fourth-order valence-electron chi connectivity index (χ4n) is 2.28. The molecule has 19 heavy (non-hydrogen) atoms. The summed E-state index contributed by atoms with van der Waals surface area (Å²) in [6.45, 7) is 2.99. The molecule has 1 saturated heterocycles. The molecule has 2 aliphatic heterocycles. The van der Waals surface area contributed by atoms with Crippen LogP contribution in [-0.4, -0.2) is 34.9 Å². The summed E-state index contributed by atoms with van der Waals surface area (Å²) in [4.78, 5) is 12.1. The van der Waals surface area contributed by atoms with E-state index >= 15 is 0 Å². The molecule has 1 N–H and O–H groups in total. The smallest absolute Gasteiger partial charge is 0.232 e. The molecule has 3 heterocycles. The van der Waals surface area contributed by atoms with E-state index in [1.807, 2.05) is 19.1 Å². The molecule has 2 aliphatic rings. The molecular weight excluding hydrogens is 266 g/mol. The lowest BCUT2D eigenvalue weighted by Gasteiger charge is -2.13. The SMILES string of the molecule is CCOCc1nnc(NC(=O)[C@@H]2C[C@H]3C=C[C@H]2O3)s1. The van der Waals surface area contributed by atoms with E-state index in [1.54, 1.807) is 0 Å². The number of carbonyl (C=O) groups is 1. The van der Waals surface area contributed by atoms with E-state index in [0.29, 0.717) is 18.3 Å². The number of anilines is 1. The van der Waals surface area contributed by atoms with Crippen molar-refractivity contribution in [3.05, 3.63) is 17.2 Å². The van der Waals surface area contributed by atoms with Crippen molar-refractivity contribution in [3.8, 4) is 0 Å². The zero-order chi connectivity index (χ0) is 13.2. The normalized spacial score (nSPS) is 27.9. The highest BCUT2D eigenvalue weighted by atomic mass is 32.1. The number of hydrogen-bond acceptors (Lipinski definition) is 6. The monoisotopic (exact) mass is 281 g/mol. The zero-order valence-corrected chi connectivity index (χ0v) is 11.4. The average molecular weight is 281 g/mol.